The first-order valence-electron chi connectivity index (χ1n) is 6.03. The van der Waals surface area contributed by atoms with Crippen LogP contribution in [0, 0.1) is 0 Å². The first-order valence-corrected chi connectivity index (χ1v) is 6.03. The molecule has 0 unspecified atom stereocenters. The number of ether oxygens (including phenoxy) is 1. The van der Waals surface area contributed by atoms with E-state index in [-0.39, 0.29) is 33.4 Å². The van der Waals surface area contributed by atoms with Crippen molar-refractivity contribution in [3.63, 3.8) is 0 Å². The monoisotopic (exact) mass is 286 g/mol. The number of phenols is 1. The van der Waals surface area contributed by atoms with Crippen molar-refractivity contribution in [2.75, 3.05) is 7.11 Å². The number of esters is 1. The Labute approximate surface area is 118 Å². The second-order valence-electron chi connectivity index (χ2n) is 4.42. The minimum atomic E-state index is -1.15. The van der Waals surface area contributed by atoms with Gasteiger partial charge >= 0.3 is 11.9 Å². The molecule has 0 aliphatic rings. The molecule has 2 aromatic carbocycles. The number of carbonyl (C=O) groups is 2. The fourth-order valence-electron chi connectivity index (χ4n) is 2.32. The number of rotatable bonds is 2. The van der Waals surface area contributed by atoms with E-state index in [9.17, 15) is 19.8 Å². The number of carboxylic acids is 1. The van der Waals surface area contributed by atoms with E-state index in [4.69, 9.17) is 4.42 Å². The van der Waals surface area contributed by atoms with Crippen LogP contribution in [0.2, 0.25) is 0 Å². The lowest BCUT2D eigenvalue weighted by Crippen LogP contribution is -2.01. The van der Waals surface area contributed by atoms with E-state index in [0.29, 0.717) is 5.39 Å². The van der Waals surface area contributed by atoms with Gasteiger partial charge in [-0.05, 0) is 18.2 Å². The maximum absolute atomic E-state index is 11.8. The van der Waals surface area contributed by atoms with Gasteiger partial charge in [-0.3, -0.25) is 0 Å². The molecule has 0 fully saturated rings. The highest BCUT2D eigenvalue weighted by Crippen LogP contribution is 2.38. The number of phenolic OH excluding ortho intramolecular Hbond substituents is 1. The lowest BCUT2D eigenvalue weighted by Gasteiger charge is -2.01. The molecule has 6 nitrogen and oxygen atoms in total. The molecular weight excluding hydrogens is 276 g/mol. The number of methoxy groups -OCH3 is 1. The van der Waals surface area contributed by atoms with E-state index < -0.39 is 11.9 Å². The Bertz CT molecular complexity index is 890. The fourth-order valence-corrected chi connectivity index (χ4v) is 2.32. The molecular formula is C15H10O6. The fraction of sp³-hybridized carbons (Fsp3) is 0.0667. The van der Waals surface area contributed by atoms with Gasteiger partial charge in [0, 0.05) is 5.39 Å². The maximum Gasteiger partial charge on any atom is 0.341 e. The predicted octanol–water partition coefficient (Wildman–Crippen LogP) is 2.78. The molecule has 3 rings (SSSR count). The Kier molecular flexibility index (Phi) is 2.79. The summed E-state index contributed by atoms with van der Waals surface area (Å²) in [6.07, 6.45) is 0. The summed E-state index contributed by atoms with van der Waals surface area (Å²) in [7, 11) is 1.23. The van der Waals surface area contributed by atoms with Crippen LogP contribution in [0.25, 0.3) is 21.9 Å². The van der Waals surface area contributed by atoms with Crippen LogP contribution in [-0.4, -0.2) is 29.3 Å². The molecule has 0 amide bonds. The third-order valence-corrected chi connectivity index (χ3v) is 3.26. The van der Waals surface area contributed by atoms with Crippen molar-refractivity contribution in [2.45, 2.75) is 0 Å². The molecule has 2 N–H and O–H groups in total. The number of hydrogen-bond donors (Lipinski definition) is 2. The van der Waals surface area contributed by atoms with E-state index in [2.05, 4.69) is 4.74 Å². The van der Waals surface area contributed by atoms with Crippen LogP contribution in [0.3, 0.4) is 0 Å². The molecule has 0 aliphatic heterocycles. The SMILES string of the molecule is COC(=O)c1ccc(O)c2c1oc1c(C(=O)O)cccc12. The molecule has 0 spiro atoms. The van der Waals surface area contributed by atoms with Gasteiger partial charge < -0.3 is 19.4 Å². The third kappa shape index (κ3) is 1.80. The molecule has 1 aromatic heterocycles. The van der Waals surface area contributed by atoms with Gasteiger partial charge in [0.25, 0.3) is 0 Å². The Morgan fingerprint density at radius 1 is 1.10 bits per heavy atom. The van der Waals surface area contributed by atoms with Crippen molar-refractivity contribution in [3.05, 3.63) is 41.5 Å². The minimum Gasteiger partial charge on any atom is -0.507 e. The summed E-state index contributed by atoms with van der Waals surface area (Å²) < 4.78 is 10.2. The van der Waals surface area contributed by atoms with Gasteiger partial charge in [-0.25, -0.2) is 9.59 Å². The number of para-hydroxylation sites is 1. The average Bonchev–Trinajstić information content (AvgIpc) is 2.86. The third-order valence-electron chi connectivity index (χ3n) is 3.26. The van der Waals surface area contributed by atoms with Crippen LogP contribution in [0.5, 0.6) is 5.75 Å². The zero-order chi connectivity index (χ0) is 15.1. The number of carboxylic acid groups (broad SMARTS) is 1. The second-order valence-corrected chi connectivity index (χ2v) is 4.42. The molecule has 0 aliphatic carbocycles. The summed E-state index contributed by atoms with van der Waals surface area (Å²) in [6, 6.07) is 7.27. The Balaban J connectivity index is 2.50. The summed E-state index contributed by atoms with van der Waals surface area (Å²) in [5.41, 5.74) is 0.286. The van der Waals surface area contributed by atoms with Crippen molar-refractivity contribution in [1.29, 1.82) is 0 Å². The number of benzene rings is 2. The molecule has 0 radical (unpaired) electrons. The Hall–Kier alpha value is -3.02. The first-order chi connectivity index (χ1) is 10.0. The number of carbonyl (C=O) groups excluding carboxylic acids is 1. The van der Waals surface area contributed by atoms with Gasteiger partial charge in [0.05, 0.1) is 12.5 Å². The smallest absolute Gasteiger partial charge is 0.341 e. The maximum atomic E-state index is 11.8. The van der Waals surface area contributed by atoms with Crippen molar-refractivity contribution in [3.8, 4) is 5.75 Å². The lowest BCUT2D eigenvalue weighted by molar-refractivity contribution is 0.0601. The average molecular weight is 286 g/mol. The lowest BCUT2D eigenvalue weighted by atomic mass is 10.1. The molecule has 106 valence electrons. The largest absolute Gasteiger partial charge is 0.507 e. The van der Waals surface area contributed by atoms with Gasteiger partial charge in [-0.15, -0.1) is 0 Å². The van der Waals surface area contributed by atoms with Crippen LogP contribution in [0.1, 0.15) is 20.7 Å². The summed E-state index contributed by atoms with van der Waals surface area (Å²) in [6.45, 7) is 0. The molecule has 0 bridgehead atoms. The standard InChI is InChI=1S/C15H10O6/c1-20-15(19)9-5-6-10(16)11-7-3-2-4-8(14(17)18)12(7)21-13(9)11/h2-6,16H,1H3,(H,17,18). The summed E-state index contributed by atoms with van der Waals surface area (Å²) in [4.78, 5) is 23.0. The number of aromatic carboxylic acids is 1. The van der Waals surface area contributed by atoms with E-state index in [1.165, 1.54) is 25.3 Å². The first kappa shape index (κ1) is 13.0. The van der Waals surface area contributed by atoms with Crippen molar-refractivity contribution in [1.82, 2.24) is 0 Å². The zero-order valence-corrected chi connectivity index (χ0v) is 10.9. The Morgan fingerprint density at radius 3 is 2.52 bits per heavy atom. The molecule has 0 saturated carbocycles. The van der Waals surface area contributed by atoms with Gasteiger partial charge in [0.1, 0.15) is 22.5 Å². The highest BCUT2D eigenvalue weighted by atomic mass is 16.5. The van der Waals surface area contributed by atoms with E-state index >= 15 is 0 Å². The van der Waals surface area contributed by atoms with Gasteiger partial charge in [0.2, 0.25) is 0 Å². The topological polar surface area (TPSA) is 97.0 Å². The minimum absolute atomic E-state index is 0.0427. The summed E-state index contributed by atoms with van der Waals surface area (Å²) >= 11 is 0. The van der Waals surface area contributed by atoms with Crippen LogP contribution in [0.15, 0.2) is 34.7 Å². The van der Waals surface area contributed by atoms with E-state index in [1.807, 2.05) is 0 Å². The zero-order valence-electron chi connectivity index (χ0n) is 10.9. The van der Waals surface area contributed by atoms with Crippen molar-refractivity contribution < 1.29 is 29.0 Å². The second kappa shape index (κ2) is 4.52. The summed E-state index contributed by atoms with van der Waals surface area (Å²) in [5, 5.41) is 19.9. The highest BCUT2D eigenvalue weighted by molar-refractivity contribution is 6.17. The molecule has 0 saturated heterocycles. The molecule has 0 atom stereocenters. The quantitative estimate of drug-likeness (QED) is 0.703. The molecule has 6 heteroatoms. The van der Waals surface area contributed by atoms with Crippen LogP contribution in [0.4, 0.5) is 0 Å². The number of aromatic hydroxyl groups is 1. The van der Waals surface area contributed by atoms with E-state index in [0.717, 1.165) is 0 Å². The van der Waals surface area contributed by atoms with Crippen LogP contribution < -0.4 is 0 Å². The predicted molar refractivity (Wildman–Crippen MR) is 73.7 cm³/mol. The van der Waals surface area contributed by atoms with E-state index in [1.54, 1.807) is 12.1 Å². The molecule has 3 aromatic rings. The number of furan rings is 1. The van der Waals surface area contributed by atoms with Crippen LogP contribution >= 0.6 is 0 Å². The number of fused-ring (bicyclic) bond motifs is 3. The van der Waals surface area contributed by atoms with Gasteiger partial charge in [0.15, 0.2) is 5.58 Å². The normalized spacial score (nSPS) is 10.9. The summed E-state index contributed by atoms with van der Waals surface area (Å²) in [5.74, 6) is -1.88. The number of hydrogen-bond acceptors (Lipinski definition) is 5. The van der Waals surface area contributed by atoms with Gasteiger partial charge in [-0.1, -0.05) is 12.1 Å². The molecule has 21 heavy (non-hydrogen) atoms. The van der Waals surface area contributed by atoms with Gasteiger partial charge in [-0.2, -0.15) is 0 Å². The van der Waals surface area contributed by atoms with Crippen molar-refractivity contribution >= 4 is 33.9 Å². The van der Waals surface area contributed by atoms with Crippen molar-refractivity contribution in [2.24, 2.45) is 0 Å². The molecule has 1 heterocycles. The highest BCUT2D eigenvalue weighted by Gasteiger charge is 2.22. The van der Waals surface area contributed by atoms with Crippen LogP contribution in [-0.2, 0) is 4.74 Å². The Morgan fingerprint density at radius 2 is 1.86 bits per heavy atom.